The van der Waals surface area contributed by atoms with E-state index in [0.717, 1.165) is 33.1 Å². The first-order valence-corrected chi connectivity index (χ1v) is 9.09. The number of nitrogen functional groups attached to an aromatic ring is 1. The Morgan fingerprint density at radius 2 is 2.04 bits per heavy atom. The molecule has 7 nitrogen and oxygen atoms in total. The van der Waals surface area contributed by atoms with Crippen LogP contribution in [0, 0.1) is 13.8 Å². The molecule has 0 aliphatic carbocycles. The lowest BCUT2D eigenvalue weighted by Gasteiger charge is -2.00. The second-order valence-corrected chi connectivity index (χ2v) is 7.08. The summed E-state index contributed by atoms with van der Waals surface area (Å²) in [5.74, 6) is 0.435. The summed E-state index contributed by atoms with van der Waals surface area (Å²) in [4.78, 5) is 13.8. The molecular formula is C19H21N5O2S. The molecule has 3 aromatic rings. The summed E-state index contributed by atoms with van der Waals surface area (Å²) in [6, 6.07) is 9.39. The third-order valence-electron chi connectivity index (χ3n) is 4.27. The largest absolute Gasteiger partial charge is 0.497 e. The number of ether oxygens (including phenoxy) is 1. The van der Waals surface area contributed by atoms with Crippen molar-refractivity contribution in [3.63, 3.8) is 0 Å². The van der Waals surface area contributed by atoms with Crippen LogP contribution in [-0.2, 0) is 7.05 Å². The first kappa shape index (κ1) is 18.7. The van der Waals surface area contributed by atoms with Crippen molar-refractivity contribution in [1.82, 2.24) is 15.2 Å². The maximum atomic E-state index is 12.4. The van der Waals surface area contributed by atoms with Crippen molar-refractivity contribution < 1.29 is 9.53 Å². The van der Waals surface area contributed by atoms with Crippen molar-refractivity contribution >= 4 is 29.1 Å². The van der Waals surface area contributed by atoms with Crippen LogP contribution in [0.4, 0.5) is 5.69 Å². The maximum Gasteiger partial charge on any atom is 0.283 e. The minimum absolute atomic E-state index is 0.340. The Morgan fingerprint density at radius 1 is 1.33 bits per heavy atom. The molecule has 0 unspecified atom stereocenters. The third-order valence-corrected chi connectivity index (χ3v) is 5.46. The van der Waals surface area contributed by atoms with Gasteiger partial charge in [-0.1, -0.05) is 0 Å². The van der Waals surface area contributed by atoms with E-state index >= 15 is 0 Å². The highest BCUT2D eigenvalue weighted by Gasteiger charge is 2.15. The molecule has 3 rings (SSSR count). The quantitative estimate of drug-likeness (QED) is 0.523. The van der Waals surface area contributed by atoms with Crippen LogP contribution in [0.15, 0.2) is 35.4 Å². The number of anilines is 1. The van der Waals surface area contributed by atoms with E-state index in [4.69, 9.17) is 10.5 Å². The zero-order valence-corrected chi connectivity index (χ0v) is 16.4. The fraction of sp³-hybridized carbons (Fsp3) is 0.211. The Morgan fingerprint density at radius 3 is 2.63 bits per heavy atom. The summed E-state index contributed by atoms with van der Waals surface area (Å²) >= 11 is 1.32. The van der Waals surface area contributed by atoms with Gasteiger partial charge in [0.25, 0.3) is 5.91 Å². The number of carbonyl (C=O) groups is 1. The van der Waals surface area contributed by atoms with Gasteiger partial charge in [0.1, 0.15) is 10.6 Å². The second kappa shape index (κ2) is 7.63. The number of nitrogens with zero attached hydrogens (tertiary/aromatic N) is 3. The van der Waals surface area contributed by atoms with Crippen molar-refractivity contribution in [3.05, 3.63) is 52.2 Å². The molecule has 1 aromatic carbocycles. The van der Waals surface area contributed by atoms with Crippen LogP contribution in [0.25, 0.3) is 10.4 Å². The standard InChI is InChI=1S/C19H21N5O2S/c1-11-15(12(2)24(3)23-11)10-21-22-19(25)18-16(20)9-17(27-18)13-5-7-14(26-4)8-6-13/h5-10H,20H2,1-4H3,(H,22,25)/b21-10-. The summed E-state index contributed by atoms with van der Waals surface area (Å²) in [6.45, 7) is 3.84. The predicted octanol–water partition coefficient (Wildman–Crippen LogP) is 3.12. The highest BCUT2D eigenvalue weighted by Crippen LogP contribution is 2.33. The number of carbonyl (C=O) groups excluding carboxylic acids is 1. The average Bonchev–Trinajstić information content (AvgIpc) is 3.16. The third kappa shape index (κ3) is 3.85. The van der Waals surface area contributed by atoms with Crippen molar-refractivity contribution in [2.45, 2.75) is 13.8 Å². The van der Waals surface area contributed by atoms with Gasteiger partial charge in [0, 0.05) is 23.2 Å². The monoisotopic (exact) mass is 383 g/mol. The molecule has 0 saturated heterocycles. The first-order valence-electron chi connectivity index (χ1n) is 8.28. The zero-order valence-electron chi connectivity index (χ0n) is 15.6. The van der Waals surface area contributed by atoms with Crippen LogP contribution < -0.4 is 15.9 Å². The Hall–Kier alpha value is -3.13. The number of methoxy groups -OCH3 is 1. The summed E-state index contributed by atoms with van der Waals surface area (Å²) < 4.78 is 6.94. The highest BCUT2D eigenvalue weighted by molar-refractivity contribution is 7.18. The maximum absolute atomic E-state index is 12.4. The lowest BCUT2D eigenvalue weighted by atomic mass is 10.2. The number of nitrogens with one attached hydrogen (secondary N) is 1. The van der Waals surface area contributed by atoms with Crippen LogP contribution in [0.5, 0.6) is 5.75 Å². The summed E-state index contributed by atoms with van der Waals surface area (Å²) in [5, 5.41) is 8.37. The molecule has 140 valence electrons. The van der Waals surface area contributed by atoms with Gasteiger partial charge in [0.2, 0.25) is 0 Å². The van der Waals surface area contributed by atoms with Gasteiger partial charge in [-0.15, -0.1) is 11.3 Å². The molecular weight excluding hydrogens is 362 g/mol. The van der Waals surface area contributed by atoms with Crippen LogP contribution >= 0.6 is 11.3 Å². The van der Waals surface area contributed by atoms with Crippen molar-refractivity contribution in [1.29, 1.82) is 0 Å². The summed E-state index contributed by atoms with van der Waals surface area (Å²) in [5.41, 5.74) is 12.7. The molecule has 0 saturated carbocycles. The Bertz CT molecular complexity index is 1000. The SMILES string of the molecule is COc1ccc(-c2cc(N)c(C(=O)N/N=C\c3c(C)nn(C)c3C)s2)cc1. The van der Waals surface area contributed by atoms with E-state index in [1.165, 1.54) is 11.3 Å². The van der Waals surface area contributed by atoms with Gasteiger partial charge < -0.3 is 10.5 Å². The fourth-order valence-corrected chi connectivity index (χ4v) is 3.64. The van der Waals surface area contributed by atoms with Gasteiger partial charge in [0.05, 0.1) is 24.7 Å². The number of nitrogens with two attached hydrogens (primary N) is 1. The Labute approximate surface area is 161 Å². The number of rotatable bonds is 5. The Balaban J connectivity index is 1.75. The van der Waals surface area contributed by atoms with Gasteiger partial charge in [-0.05, 0) is 49.7 Å². The molecule has 2 heterocycles. The molecule has 0 fully saturated rings. The van der Waals surface area contributed by atoms with Crippen LogP contribution in [0.3, 0.4) is 0 Å². The van der Waals surface area contributed by atoms with Crippen molar-refractivity contribution in [2.24, 2.45) is 12.1 Å². The molecule has 0 spiro atoms. The number of aryl methyl sites for hydroxylation is 2. The van der Waals surface area contributed by atoms with Crippen molar-refractivity contribution in [2.75, 3.05) is 12.8 Å². The summed E-state index contributed by atoms with van der Waals surface area (Å²) in [7, 11) is 3.49. The van der Waals surface area contributed by atoms with Crippen LogP contribution in [0.1, 0.15) is 26.6 Å². The minimum atomic E-state index is -0.340. The summed E-state index contributed by atoms with van der Waals surface area (Å²) in [6.07, 6.45) is 1.60. The van der Waals surface area contributed by atoms with Crippen LogP contribution in [-0.4, -0.2) is 29.0 Å². The topological polar surface area (TPSA) is 94.5 Å². The Kier molecular flexibility index (Phi) is 5.27. The molecule has 0 bridgehead atoms. The number of thiophene rings is 1. The number of amides is 1. The smallest absolute Gasteiger partial charge is 0.283 e. The van der Waals surface area contributed by atoms with E-state index in [1.54, 1.807) is 24.1 Å². The van der Waals surface area contributed by atoms with Crippen LogP contribution in [0.2, 0.25) is 0 Å². The highest BCUT2D eigenvalue weighted by atomic mass is 32.1. The molecule has 8 heteroatoms. The van der Waals surface area contributed by atoms with Gasteiger partial charge in [-0.3, -0.25) is 9.48 Å². The van der Waals surface area contributed by atoms with E-state index in [1.807, 2.05) is 45.2 Å². The number of hydrazone groups is 1. The van der Waals surface area contributed by atoms with E-state index in [9.17, 15) is 4.79 Å². The fourth-order valence-electron chi connectivity index (χ4n) is 2.66. The van der Waals surface area contributed by atoms with E-state index in [2.05, 4.69) is 15.6 Å². The molecule has 0 aliphatic heterocycles. The zero-order chi connectivity index (χ0) is 19.6. The molecule has 3 N–H and O–H groups in total. The minimum Gasteiger partial charge on any atom is -0.497 e. The lowest BCUT2D eigenvalue weighted by Crippen LogP contribution is -2.17. The number of hydrogen-bond acceptors (Lipinski definition) is 6. The lowest BCUT2D eigenvalue weighted by molar-refractivity contribution is 0.0960. The predicted molar refractivity (Wildman–Crippen MR) is 108 cm³/mol. The van der Waals surface area contributed by atoms with Gasteiger partial charge in [-0.25, -0.2) is 5.43 Å². The number of hydrogen-bond donors (Lipinski definition) is 2. The van der Waals surface area contributed by atoms with Gasteiger partial charge >= 0.3 is 0 Å². The van der Waals surface area contributed by atoms with Gasteiger partial charge in [0.15, 0.2) is 0 Å². The van der Waals surface area contributed by atoms with E-state index in [-0.39, 0.29) is 5.91 Å². The molecule has 27 heavy (non-hydrogen) atoms. The van der Waals surface area contributed by atoms with Crippen molar-refractivity contribution in [3.8, 4) is 16.2 Å². The second-order valence-electron chi connectivity index (χ2n) is 6.03. The number of benzene rings is 1. The first-order chi connectivity index (χ1) is 12.9. The molecule has 0 atom stereocenters. The molecule has 0 aliphatic rings. The van der Waals surface area contributed by atoms with E-state index < -0.39 is 0 Å². The van der Waals surface area contributed by atoms with Gasteiger partial charge in [-0.2, -0.15) is 10.2 Å². The normalized spacial score (nSPS) is 11.1. The number of aromatic nitrogens is 2. The molecule has 2 aromatic heterocycles. The average molecular weight is 383 g/mol. The van der Waals surface area contributed by atoms with E-state index in [0.29, 0.717) is 10.6 Å². The molecule has 0 radical (unpaired) electrons. The molecule has 1 amide bonds.